The SMILES string of the molecule is COc1cccc(Cl)c1CNC(=O)c1cccs1. The number of methoxy groups -OCH3 is 1. The Morgan fingerprint density at radius 3 is 2.89 bits per heavy atom. The first-order valence-corrected chi connectivity index (χ1v) is 6.61. The average Bonchev–Trinajstić information content (AvgIpc) is 2.90. The van der Waals surface area contributed by atoms with Crippen molar-refractivity contribution in [1.82, 2.24) is 5.32 Å². The Labute approximate surface area is 114 Å². The van der Waals surface area contributed by atoms with Crippen molar-refractivity contribution in [2.24, 2.45) is 0 Å². The van der Waals surface area contributed by atoms with Gasteiger partial charge >= 0.3 is 0 Å². The maximum atomic E-state index is 11.8. The first-order valence-electron chi connectivity index (χ1n) is 5.35. The summed E-state index contributed by atoms with van der Waals surface area (Å²) >= 11 is 7.49. The van der Waals surface area contributed by atoms with Crippen LogP contribution in [0.5, 0.6) is 5.75 Å². The number of nitrogens with one attached hydrogen (secondary N) is 1. The second kappa shape index (κ2) is 5.89. The number of hydrogen-bond donors (Lipinski definition) is 1. The van der Waals surface area contributed by atoms with Crippen LogP contribution in [0.2, 0.25) is 5.02 Å². The monoisotopic (exact) mass is 281 g/mol. The van der Waals surface area contributed by atoms with Gasteiger partial charge in [0.05, 0.1) is 12.0 Å². The number of thiophene rings is 1. The molecule has 2 rings (SSSR count). The summed E-state index contributed by atoms with van der Waals surface area (Å²) in [6.45, 7) is 0.347. The number of benzene rings is 1. The van der Waals surface area contributed by atoms with Crippen molar-refractivity contribution in [2.75, 3.05) is 7.11 Å². The molecule has 5 heteroatoms. The summed E-state index contributed by atoms with van der Waals surface area (Å²) in [4.78, 5) is 12.5. The Kier molecular flexibility index (Phi) is 4.23. The van der Waals surface area contributed by atoms with Crippen LogP contribution in [0.1, 0.15) is 15.2 Å². The fourth-order valence-corrected chi connectivity index (χ4v) is 2.44. The average molecular weight is 282 g/mol. The predicted octanol–water partition coefficient (Wildman–Crippen LogP) is 3.34. The molecule has 1 N–H and O–H groups in total. The van der Waals surface area contributed by atoms with Gasteiger partial charge in [0.1, 0.15) is 5.75 Å². The zero-order valence-electron chi connectivity index (χ0n) is 9.77. The summed E-state index contributed by atoms with van der Waals surface area (Å²) in [5.74, 6) is 0.570. The van der Waals surface area contributed by atoms with Crippen LogP contribution in [0.25, 0.3) is 0 Å². The molecule has 3 nitrogen and oxygen atoms in total. The van der Waals surface area contributed by atoms with Crippen molar-refractivity contribution < 1.29 is 9.53 Å². The van der Waals surface area contributed by atoms with Crippen LogP contribution in [-0.2, 0) is 6.54 Å². The van der Waals surface area contributed by atoms with E-state index in [0.717, 1.165) is 5.56 Å². The minimum atomic E-state index is -0.105. The molecule has 1 heterocycles. The van der Waals surface area contributed by atoms with Gasteiger partial charge in [0, 0.05) is 17.1 Å². The molecule has 1 aromatic heterocycles. The van der Waals surface area contributed by atoms with Gasteiger partial charge in [-0.05, 0) is 23.6 Å². The molecule has 0 aliphatic heterocycles. The highest BCUT2D eigenvalue weighted by Crippen LogP contribution is 2.26. The quantitative estimate of drug-likeness (QED) is 0.933. The van der Waals surface area contributed by atoms with E-state index in [1.807, 2.05) is 23.6 Å². The molecule has 0 atom stereocenters. The summed E-state index contributed by atoms with van der Waals surface area (Å²) in [5, 5.41) is 5.27. The Hall–Kier alpha value is -1.52. The zero-order valence-corrected chi connectivity index (χ0v) is 11.3. The lowest BCUT2D eigenvalue weighted by Gasteiger charge is -2.10. The fraction of sp³-hybridized carbons (Fsp3) is 0.154. The maximum absolute atomic E-state index is 11.8. The van der Waals surface area contributed by atoms with Crippen molar-refractivity contribution in [1.29, 1.82) is 0 Å². The van der Waals surface area contributed by atoms with Crippen molar-refractivity contribution >= 4 is 28.8 Å². The first kappa shape index (κ1) is 12.9. The zero-order chi connectivity index (χ0) is 13.0. The standard InChI is InChI=1S/C13H12ClNO2S/c1-17-11-5-2-4-10(14)9(11)8-15-13(16)12-6-3-7-18-12/h2-7H,8H2,1H3,(H,15,16). The highest BCUT2D eigenvalue weighted by molar-refractivity contribution is 7.12. The summed E-state index contributed by atoms with van der Waals surface area (Å²) in [6, 6.07) is 9.03. The molecule has 0 saturated heterocycles. The lowest BCUT2D eigenvalue weighted by Crippen LogP contribution is -2.22. The van der Waals surface area contributed by atoms with Gasteiger partial charge in [-0.1, -0.05) is 23.7 Å². The number of halogens is 1. The molecule has 0 fully saturated rings. The Balaban J connectivity index is 2.09. The number of carbonyl (C=O) groups is 1. The van der Waals surface area contributed by atoms with E-state index in [9.17, 15) is 4.79 Å². The lowest BCUT2D eigenvalue weighted by molar-refractivity contribution is 0.0955. The van der Waals surface area contributed by atoms with E-state index in [1.165, 1.54) is 11.3 Å². The van der Waals surface area contributed by atoms with Gasteiger partial charge in [0.25, 0.3) is 5.91 Å². The van der Waals surface area contributed by atoms with Crippen molar-refractivity contribution in [3.63, 3.8) is 0 Å². The third kappa shape index (κ3) is 2.83. The molecule has 0 radical (unpaired) electrons. The van der Waals surface area contributed by atoms with E-state index >= 15 is 0 Å². The van der Waals surface area contributed by atoms with Gasteiger partial charge in [-0.2, -0.15) is 0 Å². The van der Waals surface area contributed by atoms with E-state index in [1.54, 1.807) is 19.2 Å². The Bertz CT molecular complexity index is 540. The van der Waals surface area contributed by atoms with E-state index in [2.05, 4.69) is 5.32 Å². The van der Waals surface area contributed by atoms with Crippen LogP contribution < -0.4 is 10.1 Å². The minimum Gasteiger partial charge on any atom is -0.496 e. The van der Waals surface area contributed by atoms with Crippen LogP contribution in [0.3, 0.4) is 0 Å². The number of hydrogen-bond acceptors (Lipinski definition) is 3. The van der Waals surface area contributed by atoms with Crippen LogP contribution >= 0.6 is 22.9 Å². The number of amides is 1. The van der Waals surface area contributed by atoms with E-state index in [0.29, 0.717) is 22.2 Å². The van der Waals surface area contributed by atoms with Crippen LogP contribution in [0.4, 0.5) is 0 Å². The summed E-state index contributed by atoms with van der Waals surface area (Å²) in [7, 11) is 1.58. The molecule has 1 amide bonds. The van der Waals surface area contributed by atoms with Gasteiger partial charge in [-0.3, -0.25) is 4.79 Å². The number of rotatable bonds is 4. The van der Waals surface area contributed by atoms with Crippen LogP contribution in [0.15, 0.2) is 35.7 Å². The molecule has 0 saturated carbocycles. The highest BCUT2D eigenvalue weighted by atomic mass is 35.5. The molecule has 0 aliphatic rings. The van der Waals surface area contributed by atoms with E-state index < -0.39 is 0 Å². The normalized spacial score (nSPS) is 10.1. The summed E-state index contributed by atoms with van der Waals surface area (Å²) < 4.78 is 5.22. The lowest BCUT2D eigenvalue weighted by atomic mass is 10.2. The highest BCUT2D eigenvalue weighted by Gasteiger charge is 2.10. The van der Waals surface area contributed by atoms with Gasteiger partial charge in [-0.15, -0.1) is 11.3 Å². The van der Waals surface area contributed by atoms with Gasteiger partial charge in [-0.25, -0.2) is 0 Å². The molecule has 0 bridgehead atoms. The topological polar surface area (TPSA) is 38.3 Å². The summed E-state index contributed by atoms with van der Waals surface area (Å²) in [6.07, 6.45) is 0. The molecule has 94 valence electrons. The molecule has 18 heavy (non-hydrogen) atoms. The number of ether oxygens (including phenoxy) is 1. The predicted molar refractivity (Wildman–Crippen MR) is 73.5 cm³/mol. The molecule has 2 aromatic rings. The fourth-order valence-electron chi connectivity index (χ4n) is 1.57. The van der Waals surface area contributed by atoms with Crippen LogP contribution in [0, 0.1) is 0 Å². The second-order valence-electron chi connectivity index (χ2n) is 3.58. The first-order chi connectivity index (χ1) is 8.72. The molecule has 0 spiro atoms. The Morgan fingerprint density at radius 1 is 1.39 bits per heavy atom. The minimum absolute atomic E-state index is 0.105. The Morgan fingerprint density at radius 2 is 2.22 bits per heavy atom. The molecule has 0 unspecified atom stereocenters. The third-order valence-corrected chi connectivity index (χ3v) is 3.69. The van der Waals surface area contributed by atoms with Crippen molar-refractivity contribution in [3.8, 4) is 5.75 Å². The molecular formula is C13H12ClNO2S. The molecular weight excluding hydrogens is 270 g/mol. The molecule has 1 aromatic carbocycles. The van der Waals surface area contributed by atoms with Gasteiger partial charge < -0.3 is 10.1 Å². The van der Waals surface area contributed by atoms with Crippen molar-refractivity contribution in [2.45, 2.75) is 6.54 Å². The van der Waals surface area contributed by atoms with E-state index in [-0.39, 0.29) is 5.91 Å². The number of carbonyl (C=O) groups excluding carboxylic acids is 1. The summed E-state index contributed by atoms with van der Waals surface area (Å²) in [5.41, 5.74) is 0.784. The maximum Gasteiger partial charge on any atom is 0.261 e. The third-order valence-electron chi connectivity index (χ3n) is 2.47. The largest absolute Gasteiger partial charge is 0.496 e. The smallest absolute Gasteiger partial charge is 0.261 e. The van der Waals surface area contributed by atoms with E-state index in [4.69, 9.17) is 16.3 Å². The second-order valence-corrected chi connectivity index (χ2v) is 4.94. The van der Waals surface area contributed by atoms with Gasteiger partial charge in [0.15, 0.2) is 0 Å². The van der Waals surface area contributed by atoms with Crippen molar-refractivity contribution in [3.05, 3.63) is 51.2 Å². The van der Waals surface area contributed by atoms with Crippen LogP contribution in [-0.4, -0.2) is 13.0 Å². The molecule has 0 aliphatic carbocycles. The van der Waals surface area contributed by atoms with Gasteiger partial charge in [0.2, 0.25) is 0 Å².